The highest BCUT2D eigenvalue weighted by Crippen LogP contribution is 2.19. The zero-order chi connectivity index (χ0) is 12.2. The molecule has 0 aliphatic heterocycles. The van der Waals surface area contributed by atoms with Crippen LogP contribution in [0.1, 0.15) is 5.56 Å². The third-order valence-corrected chi connectivity index (χ3v) is 2.63. The average Bonchev–Trinajstić information content (AvgIpc) is 2.16. The maximum atomic E-state index is 10.4. The van der Waals surface area contributed by atoms with Crippen LogP contribution in [-0.2, 0) is 10.1 Å². The molecular weight excluding hydrogens is 254 g/mol. The van der Waals surface area contributed by atoms with Gasteiger partial charge < -0.3 is 5.11 Å². The van der Waals surface area contributed by atoms with E-state index in [-0.39, 0.29) is 12.3 Å². The number of nitrogens with zero attached hydrogens (tertiary/aromatic N) is 1. The maximum absolute atomic E-state index is 10.4. The van der Waals surface area contributed by atoms with Crippen molar-refractivity contribution in [2.24, 2.45) is 4.99 Å². The molecule has 16 heavy (non-hydrogen) atoms. The van der Waals surface area contributed by atoms with Crippen LogP contribution in [0.15, 0.2) is 23.2 Å². The van der Waals surface area contributed by atoms with Gasteiger partial charge >= 0.3 is 0 Å². The Morgan fingerprint density at radius 3 is 2.75 bits per heavy atom. The molecule has 0 saturated carbocycles. The number of hydrogen-bond acceptors (Lipinski definition) is 4. The second-order valence-corrected chi connectivity index (χ2v) is 5.03. The Bertz CT molecular complexity index is 498. The maximum Gasteiger partial charge on any atom is 0.266 e. The van der Waals surface area contributed by atoms with Gasteiger partial charge in [0.05, 0.1) is 12.3 Å². The average molecular weight is 264 g/mol. The quantitative estimate of drug-likeness (QED) is 0.634. The highest BCUT2D eigenvalue weighted by atomic mass is 35.5. The van der Waals surface area contributed by atoms with Gasteiger partial charge in [-0.05, 0) is 18.2 Å². The topological polar surface area (TPSA) is 87.0 Å². The van der Waals surface area contributed by atoms with Crippen molar-refractivity contribution < 1.29 is 18.1 Å². The number of phenolic OH excluding ortho intramolecular Hbond substituents is 1. The fourth-order valence-corrected chi connectivity index (χ4v) is 1.48. The summed E-state index contributed by atoms with van der Waals surface area (Å²) >= 11 is 5.69. The monoisotopic (exact) mass is 263 g/mol. The van der Waals surface area contributed by atoms with Crippen LogP contribution in [0.3, 0.4) is 0 Å². The van der Waals surface area contributed by atoms with Gasteiger partial charge in [0.2, 0.25) is 0 Å². The first-order valence-electron chi connectivity index (χ1n) is 4.32. The van der Waals surface area contributed by atoms with Crippen molar-refractivity contribution in [3.8, 4) is 5.75 Å². The summed E-state index contributed by atoms with van der Waals surface area (Å²) in [6.45, 7) is -0.0786. The molecule has 1 rings (SSSR count). The lowest BCUT2D eigenvalue weighted by atomic mass is 10.2. The highest BCUT2D eigenvalue weighted by Gasteiger charge is 2.02. The van der Waals surface area contributed by atoms with Crippen LogP contribution in [0.4, 0.5) is 0 Å². The van der Waals surface area contributed by atoms with Crippen LogP contribution in [-0.4, -0.2) is 36.6 Å². The summed E-state index contributed by atoms with van der Waals surface area (Å²) < 4.78 is 29.2. The molecule has 0 spiro atoms. The Morgan fingerprint density at radius 1 is 1.44 bits per heavy atom. The van der Waals surface area contributed by atoms with Crippen LogP contribution in [0.25, 0.3) is 0 Å². The van der Waals surface area contributed by atoms with Gasteiger partial charge in [0.1, 0.15) is 5.75 Å². The third kappa shape index (κ3) is 4.61. The third-order valence-electron chi connectivity index (χ3n) is 1.70. The molecule has 88 valence electrons. The van der Waals surface area contributed by atoms with Gasteiger partial charge in [0, 0.05) is 16.8 Å². The molecule has 0 amide bonds. The molecule has 0 radical (unpaired) electrons. The van der Waals surface area contributed by atoms with E-state index in [1.165, 1.54) is 24.4 Å². The molecule has 0 saturated heterocycles. The molecule has 5 nitrogen and oxygen atoms in total. The van der Waals surface area contributed by atoms with Gasteiger partial charge in [-0.1, -0.05) is 11.6 Å². The van der Waals surface area contributed by atoms with Crippen LogP contribution in [0.5, 0.6) is 5.75 Å². The molecule has 0 heterocycles. The van der Waals surface area contributed by atoms with E-state index in [1.807, 2.05) is 0 Å². The Morgan fingerprint density at radius 2 is 2.12 bits per heavy atom. The first-order chi connectivity index (χ1) is 7.38. The van der Waals surface area contributed by atoms with Gasteiger partial charge in [-0.3, -0.25) is 9.55 Å². The van der Waals surface area contributed by atoms with Crippen LogP contribution in [0, 0.1) is 0 Å². The second kappa shape index (κ2) is 5.29. The van der Waals surface area contributed by atoms with Crippen LogP contribution >= 0.6 is 11.6 Å². The molecular formula is C9H10ClNO4S. The summed E-state index contributed by atoms with van der Waals surface area (Å²) in [5.74, 6) is -0.454. The molecule has 0 aliphatic rings. The van der Waals surface area contributed by atoms with Gasteiger partial charge in [-0.2, -0.15) is 8.42 Å². The number of hydrogen-bond donors (Lipinski definition) is 2. The minimum Gasteiger partial charge on any atom is -0.507 e. The molecule has 2 N–H and O–H groups in total. The van der Waals surface area contributed by atoms with E-state index in [1.54, 1.807) is 0 Å². The number of phenols is 1. The summed E-state index contributed by atoms with van der Waals surface area (Å²) in [7, 11) is -4.00. The second-order valence-electron chi connectivity index (χ2n) is 3.02. The van der Waals surface area contributed by atoms with E-state index in [2.05, 4.69) is 4.99 Å². The lowest BCUT2D eigenvalue weighted by Gasteiger charge is -1.98. The predicted octanol–water partition coefficient (Wildman–Crippen LogP) is 1.35. The summed E-state index contributed by atoms with van der Waals surface area (Å²) in [5.41, 5.74) is 0.392. The van der Waals surface area contributed by atoms with E-state index in [0.29, 0.717) is 10.6 Å². The largest absolute Gasteiger partial charge is 0.507 e. The summed E-state index contributed by atoms with van der Waals surface area (Å²) in [5, 5.41) is 9.82. The number of aliphatic imine (C=N–C) groups is 1. The van der Waals surface area contributed by atoms with E-state index in [0.717, 1.165) is 0 Å². The minimum atomic E-state index is -4.00. The highest BCUT2D eigenvalue weighted by molar-refractivity contribution is 7.85. The molecule has 0 aromatic heterocycles. The first-order valence-corrected chi connectivity index (χ1v) is 6.31. The van der Waals surface area contributed by atoms with E-state index >= 15 is 0 Å². The van der Waals surface area contributed by atoms with Crippen LogP contribution in [0.2, 0.25) is 5.02 Å². The summed E-state index contributed by atoms with van der Waals surface area (Å²) in [6.07, 6.45) is 1.30. The van der Waals surface area contributed by atoms with Crippen molar-refractivity contribution >= 4 is 27.9 Å². The van der Waals surface area contributed by atoms with Crippen LogP contribution < -0.4 is 0 Å². The van der Waals surface area contributed by atoms with Crippen molar-refractivity contribution in [3.05, 3.63) is 28.8 Å². The van der Waals surface area contributed by atoms with Crippen molar-refractivity contribution in [3.63, 3.8) is 0 Å². The van der Waals surface area contributed by atoms with E-state index < -0.39 is 15.9 Å². The SMILES string of the molecule is O=S(=O)(O)CCN=Cc1cc(Cl)ccc1O. The predicted molar refractivity (Wildman–Crippen MR) is 62.0 cm³/mol. The smallest absolute Gasteiger partial charge is 0.266 e. The Labute approximate surface area is 98.1 Å². The van der Waals surface area contributed by atoms with Crippen molar-refractivity contribution in [1.29, 1.82) is 0 Å². The minimum absolute atomic E-state index is 0.00000520. The van der Waals surface area contributed by atoms with Crippen molar-refractivity contribution in [1.82, 2.24) is 0 Å². The standard InChI is InChI=1S/C9H10ClNO4S/c10-8-1-2-9(12)7(5-8)6-11-3-4-16(13,14)15/h1-2,5-6,12H,3-4H2,(H,13,14,15). The fourth-order valence-electron chi connectivity index (χ4n) is 0.960. The zero-order valence-electron chi connectivity index (χ0n) is 8.17. The molecule has 7 heteroatoms. The van der Waals surface area contributed by atoms with Crippen molar-refractivity contribution in [2.45, 2.75) is 0 Å². The number of aromatic hydroxyl groups is 1. The van der Waals surface area contributed by atoms with Crippen molar-refractivity contribution in [2.75, 3.05) is 12.3 Å². The normalized spacial score (nSPS) is 12.1. The van der Waals surface area contributed by atoms with E-state index in [4.69, 9.17) is 16.2 Å². The Hall–Kier alpha value is -1.11. The molecule has 0 fully saturated rings. The van der Waals surface area contributed by atoms with E-state index in [9.17, 15) is 13.5 Å². The van der Waals surface area contributed by atoms with Gasteiger partial charge in [-0.15, -0.1) is 0 Å². The summed E-state index contributed by atoms with van der Waals surface area (Å²) in [4.78, 5) is 3.75. The number of rotatable bonds is 4. The number of halogens is 1. The summed E-state index contributed by atoms with van der Waals surface area (Å²) in [6, 6.07) is 4.42. The number of benzene rings is 1. The zero-order valence-corrected chi connectivity index (χ0v) is 9.74. The lowest BCUT2D eigenvalue weighted by molar-refractivity contribution is 0.474. The molecule has 1 aromatic rings. The first kappa shape index (κ1) is 13.0. The van der Waals surface area contributed by atoms with Gasteiger partial charge in [-0.25, -0.2) is 0 Å². The fraction of sp³-hybridized carbons (Fsp3) is 0.222. The molecule has 0 aliphatic carbocycles. The molecule has 1 aromatic carbocycles. The lowest BCUT2D eigenvalue weighted by Crippen LogP contribution is -2.06. The Kier molecular flexibility index (Phi) is 4.28. The Balaban J connectivity index is 2.66. The van der Waals surface area contributed by atoms with Gasteiger partial charge in [0.15, 0.2) is 0 Å². The molecule has 0 unspecified atom stereocenters. The molecule has 0 bridgehead atoms. The molecule has 0 atom stereocenters. The van der Waals surface area contributed by atoms with Gasteiger partial charge in [0.25, 0.3) is 10.1 Å².